The third kappa shape index (κ3) is 4.53. The SMILES string of the molecule is Cc1noc(C)c1CNC(=O)NCc1ccccc1OC1CCCC1. The van der Waals surface area contributed by atoms with Crippen LogP contribution in [-0.2, 0) is 13.1 Å². The maximum atomic E-state index is 12.1. The summed E-state index contributed by atoms with van der Waals surface area (Å²) in [4.78, 5) is 12.1. The molecule has 1 aromatic carbocycles. The second-order valence-corrected chi connectivity index (χ2v) is 6.47. The molecule has 0 aliphatic heterocycles. The lowest BCUT2D eigenvalue weighted by Gasteiger charge is -2.17. The lowest BCUT2D eigenvalue weighted by atomic mass is 10.2. The summed E-state index contributed by atoms with van der Waals surface area (Å²) in [7, 11) is 0. The number of carbonyl (C=O) groups is 1. The van der Waals surface area contributed by atoms with Gasteiger partial charge in [-0.1, -0.05) is 23.4 Å². The average molecular weight is 343 g/mol. The number of nitrogens with one attached hydrogen (secondary N) is 2. The quantitative estimate of drug-likeness (QED) is 0.840. The van der Waals surface area contributed by atoms with Crippen molar-refractivity contribution in [1.29, 1.82) is 0 Å². The molecule has 1 saturated carbocycles. The molecule has 25 heavy (non-hydrogen) atoms. The standard InChI is InChI=1S/C19H25N3O3/c1-13-17(14(2)25-22-13)12-21-19(23)20-11-15-7-3-6-10-18(15)24-16-8-4-5-9-16/h3,6-7,10,16H,4-5,8-9,11-12H2,1-2H3,(H2,20,21,23). The van der Waals surface area contributed by atoms with E-state index in [-0.39, 0.29) is 6.03 Å². The molecule has 0 radical (unpaired) electrons. The second-order valence-electron chi connectivity index (χ2n) is 6.47. The van der Waals surface area contributed by atoms with Crippen molar-refractivity contribution in [3.05, 3.63) is 46.8 Å². The predicted molar refractivity (Wildman–Crippen MR) is 94.4 cm³/mol. The number of aryl methyl sites for hydroxylation is 2. The fraction of sp³-hybridized carbons (Fsp3) is 0.474. The molecule has 0 unspecified atom stereocenters. The summed E-state index contributed by atoms with van der Waals surface area (Å²) in [5.74, 6) is 1.59. The van der Waals surface area contributed by atoms with E-state index in [0.717, 1.165) is 41.2 Å². The zero-order valence-corrected chi connectivity index (χ0v) is 14.8. The van der Waals surface area contributed by atoms with E-state index in [0.29, 0.717) is 19.2 Å². The van der Waals surface area contributed by atoms with Crippen LogP contribution in [0.1, 0.15) is 48.3 Å². The first-order valence-corrected chi connectivity index (χ1v) is 8.81. The van der Waals surface area contributed by atoms with Crippen LogP contribution in [0, 0.1) is 13.8 Å². The topological polar surface area (TPSA) is 76.4 Å². The van der Waals surface area contributed by atoms with E-state index < -0.39 is 0 Å². The molecule has 0 saturated heterocycles. The number of hydrogen-bond acceptors (Lipinski definition) is 4. The molecule has 1 fully saturated rings. The van der Waals surface area contributed by atoms with Gasteiger partial charge in [0.1, 0.15) is 11.5 Å². The molecule has 6 nitrogen and oxygen atoms in total. The number of urea groups is 1. The molecule has 3 rings (SSSR count). The molecular weight excluding hydrogens is 318 g/mol. The van der Waals surface area contributed by atoms with E-state index in [2.05, 4.69) is 15.8 Å². The molecule has 0 atom stereocenters. The molecular formula is C19H25N3O3. The summed E-state index contributed by atoms with van der Waals surface area (Å²) in [6.07, 6.45) is 4.98. The number of hydrogen-bond donors (Lipinski definition) is 2. The molecule has 2 amide bonds. The minimum atomic E-state index is -0.226. The lowest BCUT2D eigenvalue weighted by molar-refractivity contribution is 0.207. The van der Waals surface area contributed by atoms with Crippen molar-refractivity contribution in [1.82, 2.24) is 15.8 Å². The number of ether oxygens (including phenoxy) is 1. The maximum Gasteiger partial charge on any atom is 0.315 e. The van der Waals surface area contributed by atoms with Crippen molar-refractivity contribution in [3.63, 3.8) is 0 Å². The summed E-state index contributed by atoms with van der Waals surface area (Å²) in [5, 5.41) is 9.61. The Hall–Kier alpha value is -2.50. The lowest BCUT2D eigenvalue weighted by Crippen LogP contribution is -2.34. The van der Waals surface area contributed by atoms with Gasteiger partial charge in [0.15, 0.2) is 0 Å². The van der Waals surface area contributed by atoms with E-state index in [4.69, 9.17) is 9.26 Å². The number of aromatic nitrogens is 1. The fourth-order valence-electron chi connectivity index (χ4n) is 3.11. The Morgan fingerprint density at radius 2 is 1.92 bits per heavy atom. The zero-order chi connectivity index (χ0) is 17.6. The number of para-hydroxylation sites is 1. The number of rotatable bonds is 6. The minimum Gasteiger partial charge on any atom is -0.490 e. The van der Waals surface area contributed by atoms with Gasteiger partial charge in [0.2, 0.25) is 0 Å². The van der Waals surface area contributed by atoms with Crippen LogP contribution in [0.3, 0.4) is 0 Å². The van der Waals surface area contributed by atoms with Gasteiger partial charge in [0.05, 0.1) is 11.8 Å². The molecule has 1 aliphatic rings. The minimum absolute atomic E-state index is 0.226. The predicted octanol–water partition coefficient (Wildman–Crippen LogP) is 3.61. The molecule has 0 bridgehead atoms. The van der Waals surface area contributed by atoms with Gasteiger partial charge in [-0.25, -0.2) is 4.79 Å². The van der Waals surface area contributed by atoms with Crippen LogP contribution in [0.15, 0.2) is 28.8 Å². The smallest absolute Gasteiger partial charge is 0.315 e. The second kappa shape index (κ2) is 8.05. The molecule has 1 aromatic heterocycles. The third-order valence-corrected chi connectivity index (χ3v) is 4.61. The summed E-state index contributed by atoms with van der Waals surface area (Å²) in [6.45, 7) is 4.52. The van der Waals surface area contributed by atoms with Gasteiger partial charge in [-0.15, -0.1) is 0 Å². The van der Waals surface area contributed by atoms with Gasteiger partial charge in [-0.2, -0.15) is 0 Å². The van der Waals surface area contributed by atoms with Gasteiger partial charge < -0.3 is 19.9 Å². The Labute approximate surface area is 147 Å². The number of carbonyl (C=O) groups excluding carboxylic acids is 1. The van der Waals surface area contributed by atoms with Crippen molar-refractivity contribution in [2.75, 3.05) is 0 Å². The summed E-state index contributed by atoms with van der Waals surface area (Å²) >= 11 is 0. The van der Waals surface area contributed by atoms with E-state index in [1.807, 2.05) is 38.1 Å². The van der Waals surface area contributed by atoms with E-state index in [1.165, 1.54) is 12.8 Å². The Morgan fingerprint density at radius 3 is 2.64 bits per heavy atom. The van der Waals surface area contributed by atoms with E-state index >= 15 is 0 Å². The normalized spacial score (nSPS) is 14.5. The Morgan fingerprint density at radius 1 is 1.20 bits per heavy atom. The highest BCUT2D eigenvalue weighted by atomic mass is 16.5. The molecule has 1 heterocycles. The van der Waals surface area contributed by atoms with Crippen LogP contribution in [0.5, 0.6) is 5.75 Å². The van der Waals surface area contributed by atoms with Crippen molar-refractivity contribution in [3.8, 4) is 5.75 Å². The summed E-state index contributed by atoms with van der Waals surface area (Å²) in [6, 6.07) is 7.65. The fourth-order valence-corrected chi connectivity index (χ4v) is 3.11. The highest BCUT2D eigenvalue weighted by Crippen LogP contribution is 2.26. The van der Waals surface area contributed by atoms with Gasteiger partial charge in [0.25, 0.3) is 0 Å². The van der Waals surface area contributed by atoms with Gasteiger partial charge >= 0.3 is 6.03 Å². The molecule has 6 heteroatoms. The zero-order valence-electron chi connectivity index (χ0n) is 14.8. The molecule has 134 valence electrons. The van der Waals surface area contributed by atoms with Gasteiger partial charge in [-0.3, -0.25) is 0 Å². The molecule has 2 aromatic rings. The molecule has 2 N–H and O–H groups in total. The van der Waals surface area contributed by atoms with Crippen LogP contribution in [0.4, 0.5) is 4.79 Å². The first-order chi connectivity index (χ1) is 12.1. The van der Waals surface area contributed by atoms with Crippen molar-refractivity contribution in [2.45, 2.75) is 58.7 Å². The maximum absolute atomic E-state index is 12.1. The van der Waals surface area contributed by atoms with Crippen molar-refractivity contribution >= 4 is 6.03 Å². The highest BCUT2D eigenvalue weighted by Gasteiger charge is 2.18. The molecule has 0 spiro atoms. The molecule has 1 aliphatic carbocycles. The Kier molecular flexibility index (Phi) is 5.58. The van der Waals surface area contributed by atoms with Gasteiger partial charge in [-0.05, 0) is 45.6 Å². The van der Waals surface area contributed by atoms with Crippen LogP contribution in [-0.4, -0.2) is 17.3 Å². The Balaban J connectivity index is 1.51. The van der Waals surface area contributed by atoms with Crippen LogP contribution < -0.4 is 15.4 Å². The van der Waals surface area contributed by atoms with Crippen LogP contribution in [0.25, 0.3) is 0 Å². The average Bonchev–Trinajstić information content (AvgIpc) is 3.23. The largest absolute Gasteiger partial charge is 0.490 e. The van der Waals surface area contributed by atoms with Crippen molar-refractivity contribution < 1.29 is 14.1 Å². The Bertz CT molecular complexity index is 701. The van der Waals surface area contributed by atoms with E-state index in [1.54, 1.807) is 0 Å². The first-order valence-electron chi connectivity index (χ1n) is 8.81. The first kappa shape index (κ1) is 17.3. The number of amides is 2. The summed E-state index contributed by atoms with van der Waals surface area (Å²) < 4.78 is 11.2. The van der Waals surface area contributed by atoms with Crippen LogP contribution >= 0.6 is 0 Å². The third-order valence-electron chi connectivity index (χ3n) is 4.61. The monoisotopic (exact) mass is 343 g/mol. The van der Waals surface area contributed by atoms with Crippen LogP contribution in [0.2, 0.25) is 0 Å². The van der Waals surface area contributed by atoms with Crippen molar-refractivity contribution in [2.24, 2.45) is 0 Å². The number of nitrogens with zero attached hydrogens (tertiary/aromatic N) is 1. The van der Waals surface area contributed by atoms with E-state index in [9.17, 15) is 4.79 Å². The summed E-state index contributed by atoms with van der Waals surface area (Å²) in [5.41, 5.74) is 2.70. The van der Waals surface area contributed by atoms with Gasteiger partial charge in [0, 0.05) is 24.2 Å². The number of benzene rings is 1. The highest BCUT2D eigenvalue weighted by molar-refractivity contribution is 5.74.